The van der Waals surface area contributed by atoms with E-state index in [2.05, 4.69) is 30.5 Å². The summed E-state index contributed by atoms with van der Waals surface area (Å²) >= 11 is 7.45. The van der Waals surface area contributed by atoms with Crippen LogP contribution in [0.15, 0.2) is 24.5 Å². The number of anilines is 2. The van der Waals surface area contributed by atoms with Gasteiger partial charge in [0.15, 0.2) is 10.8 Å². The van der Waals surface area contributed by atoms with Crippen LogP contribution in [-0.4, -0.2) is 47.0 Å². The molecule has 0 aliphatic carbocycles. The SMILES string of the molecule is O=C(NCC1CCNCC1)c1nc2c(N3CCc4cc(Cl)ccc43)ncnc2s1. The van der Waals surface area contributed by atoms with Crippen LogP contribution in [-0.2, 0) is 6.42 Å². The van der Waals surface area contributed by atoms with Gasteiger partial charge in [-0.05, 0) is 62.0 Å². The van der Waals surface area contributed by atoms with Crippen molar-refractivity contribution < 1.29 is 4.79 Å². The molecule has 0 bridgehead atoms. The molecule has 0 spiro atoms. The average molecular weight is 429 g/mol. The van der Waals surface area contributed by atoms with Gasteiger partial charge in [0.2, 0.25) is 0 Å². The molecule has 0 radical (unpaired) electrons. The standard InChI is InChI=1S/C20H21ClN6OS/c21-14-1-2-15-13(9-14)5-8-27(15)17-16-19(25-11-24-17)29-20(26-16)18(28)23-10-12-3-6-22-7-4-12/h1-2,9,11-12,22H,3-8,10H2,(H,23,28). The lowest BCUT2D eigenvalue weighted by Gasteiger charge is -2.22. The van der Waals surface area contributed by atoms with E-state index in [1.807, 2.05) is 18.2 Å². The summed E-state index contributed by atoms with van der Waals surface area (Å²) in [6.07, 6.45) is 4.62. The van der Waals surface area contributed by atoms with Crippen LogP contribution in [0.5, 0.6) is 0 Å². The number of rotatable bonds is 4. The molecule has 0 atom stereocenters. The molecule has 7 nitrogen and oxygen atoms in total. The molecule has 0 unspecified atom stereocenters. The van der Waals surface area contributed by atoms with Gasteiger partial charge >= 0.3 is 0 Å². The Morgan fingerprint density at radius 2 is 2.17 bits per heavy atom. The highest BCUT2D eigenvalue weighted by Crippen LogP contribution is 2.38. The van der Waals surface area contributed by atoms with Crippen LogP contribution < -0.4 is 15.5 Å². The number of piperidine rings is 1. The lowest BCUT2D eigenvalue weighted by atomic mass is 9.98. The van der Waals surface area contributed by atoms with E-state index in [1.54, 1.807) is 6.33 Å². The van der Waals surface area contributed by atoms with Crippen molar-refractivity contribution in [1.82, 2.24) is 25.6 Å². The summed E-state index contributed by atoms with van der Waals surface area (Å²) in [4.78, 5) is 29.0. The second kappa shape index (κ2) is 7.85. The van der Waals surface area contributed by atoms with Crippen LogP contribution in [0, 0.1) is 5.92 Å². The Kier molecular flexibility index (Phi) is 5.07. The first kappa shape index (κ1) is 18.7. The number of benzene rings is 1. The summed E-state index contributed by atoms with van der Waals surface area (Å²) in [7, 11) is 0. The van der Waals surface area contributed by atoms with Gasteiger partial charge in [0.1, 0.15) is 16.7 Å². The summed E-state index contributed by atoms with van der Waals surface area (Å²) in [6, 6.07) is 5.89. The van der Waals surface area contributed by atoms with Crippen LogP contribution in [0.2, 0.25) is 5.02 Å². The molecule has 29 heavy (non-hydrogen) atoms. The molecule has 3 aromatic rings. The first-order chi connectivity index (χ1) is 14.2. The van der Waals surface area contributed by atoms with E-state index < -0.39 is 0 Å². The van der Waals surface area contributed by atoms with Crippen molar-refractivity contribution in [2.45, 2.75) is 19.3 Å². The van der Waals surface area contributed by atoms with E-state index in [0.29, 0.717) is 23.0 Å². The first-order valence-corrected chi connectivity index (χ1v) is 11.0. The molecule has 2 aliphatic heterocycles. The highest BCUT2D eigenvalue weighted by atomic mass is 35.5. The minimum absolute atomic E-state index is 0.133. The Labute approximate surface area is 177 Å². The number of thiazole rings is 1. The molecule has 150 valence electrons. The lowest BCUT2D eigenvalue weighted by molar-refractivity contribution is 0.0944. The molecule has 5 rings (SSSR count). The highest BCUT2D eigenvalue weighted by molar-refractivity contribution is 7.19. The molecule has 0 saturated carbocycles. The molecule has 1 fully saturated rings. The maximum absolute atomic E-state index is 12.7. The van der Waals surface area contributed by atoms with Crippen molar-refractivity contribution in [2.75, 3.05) is 31.1 Å². The van der Waals surface area contributed by atoms with Crippen molar-refractivity contribution in [1.29, 1.82) is 0 Å². The minimum Gasteiger partial charge on any atom is -0.350 e. The predicted molar refractivity (Wildman–Crippen MR) is 115 cm³/mol. The Hall–Kier alpha value is -2.29. The van der Waals surface area contributed by atoms with Gasteiger partial charge < -0.3 is 15.5 Å². The second-order valence-electron chi connectivity index (χ2n) is 7.45. The molecule has 1 amide bonds. The fraction of sp³-hybridized carbons (Fsp3) is 0.400. The third-order valence-corrected chi connectivity index (χ3v) is 6.77. The van der Waals surface area contributed by atoms with Crippen molar-refractivity contribution >= 4 is 50.7 Å². The van der Waals surface area contributed by atoms with E-state index in [4.69, 9.17) is 11.6 Å². The molecule has 2 aromatic heterocycles. The van der Waals surface area contributed by atoms with Gasteiger partial charge in [0.25, 0.3) is 5.91 Å². The number of hydrogen-bond donors (Lipinski definition) is 2. The fourth-order valence-corrected chi connectivity index (χ4v) is 5.04. The number of amides is 1. The fourth-order valence-electron chi connectivity index (χ4n) is 4.03. The summed E-state index contributed by atoms with van der Waals surface area (Å²) in [6.45, 7) is 3.53. The van der Waals surface area contributed by atoms with E-state index in [0.717, 1.165) is 60.3 Å². The predicted octanol–water partition coefficient (Wildman–Crippen LogP) is 3.16. The molecular weight excluding hydrogens is 408 g/mol. The van der Waals surface area contributed by atoms with Crippen molar-refractivity contribution in [3.8, 4) is 0 Å². The molecular formula is C20H21ClN6OS. The van der Waals surface area contributed by atoms with Crippen molar-refractivity contribution in [3.05, 3.63) is 40.1 Å². The van der Waals surface area contributed by atoms with E-state index in [9.17, 15) is 4.79 Å². The zero-order valence-corrected chi connectivity index (χ0v) is 17.4. The minimum atomic E-state index is -0.133. The maximum atomic E-state index is 12.7. The van der Waals surface area contributed by atoms with Crippen molar-refractivity contribution in [3.63, 3.8) is 0 Å². The number of halogens is 1. The Bertz CT molecular complexity index is 1060. The van der Waals surface area contributed by atoms with Gasteiger partial charge in [-0.15, -0.1) is 0 Å². The topological polar surface area (TPSA) is 83.0 Å². The largest absolute Gasteiger partial charge is 0.350 e. The molecule has 2 N–H and O–H groups in total. The molecule has 9 heteroatoms. The van der Waals surface area contributed by atoms with Gasteiger partial charge in [-0.25, -0.2) is 15.0 Å². The number of carbonyl (C=O) groups is 1. The maximum Gasteiger partial charge on any atom is 0.280 e. The zero-order chi connectivity index (χ0) is 19.8. The van der Waals surface area contributed by atoms with Crippen LogP contribution in [0.1, 0.15) is 28.2 Å². The highest BCUT2D eigenvalue weighted by Gasteiger charge is 2.26. The summed E-state index contributed by atoms with van der Waals surface area (Å²) in [5, 5.41) is 7.56. The van der Waals surface area contributed by atoms with Crippen LogP contribution in [0.25, 0.3) is 10.3 Å². The number of carbonyl (C=O) groups excluding carboxylic acids is 1. The van der Waals surface area contributed by atoms with Gasteiger partial charge in [0.05, 0.1) is 0 Å². The smallest absolute Gasteiger partial charge is 0.280 e. The number of aromatic nitrogens is 3. The number of hydrogen-bond acceptors (Lipinski definition) is 7. The Balaban J connectivity index is 1.40. The van der Waals surface area contributed by atoms with E-state index >= 15 is 0 Å². The van der Waals surface area contributed by atoms with E-state index in [1.165, 1.54) is 16.9 Å². The van der Waals surface area contributed by atoms with Crippen molar-refractivity contribution in [2.24, 2.45) is 5.92 Å². The van der Waals surface area contributed by atoms with Gasteiger partial charge in [-0.1, -0.05) is 22.9 Å². The second-order valence-corrected chi connectivity index (χ2v) is 8.86. The average Bonchev–Trinajstić information content (AvgIpc) is 3.36. The quantitative estimate of drug-likeness (QED) is 0.664. The lowest BCUT2D eigenvalue weighted by Crippen LogP contribution is -2.35. The molecule has 1 aromatic carbocycles. The summed E-state index contributed by atoms with van der Waals surface area (Å²) in [5.74, 6) is 1.13. The molecule has 2 aliphatic rings. The third kappa shape index (κ3) is 3.68. The Morgan fingerprint density at radius 1 is 1.31 bits per heavy atom. The number of nitrogens with one attached hydrogen (secondary N) is 2. The first-order valence-electron chi connectivity index (χ1n) is 9.85. The van der Waals surface area contributed by atoms with Gasteiger partial charge in [-0.3, -0.25) is 4.79 Å². The van der Waals surface area contributed by atoms with Crippen LogP contribution in [0.3, 0.4) is 0 Å². The molecule has 1 saturated heterocycles. The summed E-state index contributed by atoms with van der Waals surface area (Å²) < 4.78 is 0. The Morgan fingerprint density at radius 3 is 3.03 bits per heavy atom. The van der Waals surface area contributed by atoms with Gasteiger partial charge in [-0.2, -0.15) is 0 Å². The third-order valence-electron chi connectivity index (χ3n) is 5.57. The molecule has 4 heterocycles. The summed E-state index contributed by atoms with van der Waals surface area (Å²) in [5.41, 5.74) is 2.95. The van der Waals surface area contributed by atoms with Crippen LogP contribution >= 0.6 is 22.9 Å². The van der Waals surface area contributed by atoms with E-state index in [-0.39, 0.29) is 5.91 Å². The number of nitrogens with zero attached hydrogens (tertiary/aromatic N) is 4. The normalized spacial score (nSPS) is 16.9. The monoisotopic (exact) mass is 428 g/mol. The van der Waals surface area contributed by atoms with Crippen LogP contribution in [0.4, 0.5) is 11.5 Å². The van der Waals surface area contributed by atoms with Gasteiger partial charge in [0, 0.05) is 23.8 Å². The number of fused-ring (bicyclic) bond motifs is 2. The zero-order valence-electron chi connectivity index (χ0n) is 15.8.